The summed E-state index contributed by atoms with van der Waals surface area (Å²) in [5, 5.41) is 0.822. The SMILES string of the molecule is Clc1ccc(CC2CCCC23CO3)cc1. The van der Waals surface area contributed by atoms with E-state index in [9.17, 15) is 0 Å². The molecule has 1 aromatic carbocycles. The Morgan fingerprint density at radius 1 is 1.33 bits per heavy atom. The van der Waals surface area contributed by atoms with Crippen LogP contribution in [0.3, 0.4) is 0 Å². The zero-order valence-electron chi connectivity index (χ0n) is 8.71. The molecule has 0 bridgehead atoms. The maximum Gasteiger partial charge on any atom is 0.0947 e. The van der Waals surface area contributed by atoms with Crippen LogP contribution in [-0.2, 0) is 11.2 Å². The molecule has 80 valence electrons. The Bertz CT molecular complexity index is 353. The van der Waals surface area contributed by atoms with Crippen LogP contribution in [0.1, 0.15) is 24.8 Å². The summed E-state index contributed by atoms with van der Waals surface area (Å²) < 4.78 is 5.64. The molecule has 2 aliphatic rings. The van der Waals surface area contributed by atoms with Gasteiger partial charge < -0.3 is 4.74 Å². The minimum absolute atomic E-state index is 0.277. The molecule has 0 aromatic heterocycles. The van der Waals surface area contributed by atoms with Crippen LogP contribution in [0.5, 0.6) is 0 Å². The fraction of sp³-hybridized carbons (Fsp3) is 0.538. The fourth-order valence-electron chi connectivity index (χ4n) is 2.78. The predicted octanol–water partition coefficient (Wildman–Crippen LogP) is 3.45. The maximum atomic E-state index is 5.87. The summed E-state index contributed by atoms with van der Waals surface area (Å²) >= 11 is 5.87. The summed E-state index contributed by atoms with van der Waals surface area (Å²) in [5.41, 5.74) is 1.67. The smallest absolute Gasteiger partial charge is 0.0947 e. The van der Waals surface area contributed by atoms with Gasteiger partial charge in [-0.1, -0.05) is 30.2 Å². The first-order valence-electron chi connectivity index (χ1n) is 5.67. The van der Waals surface area contributed by atoms with E-state index in [1.54, 1.807) is 0 Å². The maximum absolute atomic E-state index is 5.87. The Morgan fingerprint density at radius 2 is 2.07 bits per heavy atom. The second-order valence-corrected chi connectivity index (χ2v) is 5.21. The van der Waals surface area contributed by atoms with Crippen molar-refractivity contribution in [1.29, 1.82) is 0 Å². The van der Waals surface area contributed by atoms with Crippen molar-refractivity contribution < 1.29 is 4.74 Å². The summed E-state index contributed by atoms with van der Waals surface area (Å²) in [6, 6.07) is 8.23. The molecule has 1 spiro atoms. The van der Waals surface area contributed by atoms with Crippen molar-refractivity contribution in [2.45, 2.75) is 31.3 Å². The lowest BCUT2D eigenvalue weighted by Gasteiger charge is -2.15. The van der Waals surface area contributed by atoms with E-state index < -0.39 is 0 Å². The van der Waals surface area contributed by atoms with Crippen molar-refractivity contribution in [3.05, 3.63) is 34.9 Å². The van der Waals surface area contributed by atoms with Gasteiger partial charge in [-0.25, -0.2) is 0 Å². The van der Waals surface area contributed by atoms with E-state index in [0.29, 0.717) is 0 Å². The number of rotatable bonds is 2. The van der Waals surface area contributed by atoms with Crippen molar-refractivity contribution in [3.63, 3.8) is 0 Å². The highest BCUT2D eigenvalue weighted by atomic mass is 35.5. The monoisotopic (exact) mass is 222 g/mol. The highest BCUT2D eigenvalue weighted by molar-refractivity contribution is 6.30. The van der Waals surface area contributed by atoms with Gasteiger partial charge in [0.15, 0.2) is 0 Å². The second kappa shape index (κ2) is 3.50. The third-order valence-electron chi connectivity index (χ3n) is 3.81. The highest BCUT2D eigenvalue weighted by Gasteiger charge is 2.53. The Labute approximate surface area is 95.4 Å². The van der Waals surface area contributed by atoms with E-state index in [-0.39, 0.29) is 5.60 Å². The zero-order chi connectivity index (χ0) is 10.3. The molecule has 2 fully saturated rings. The minimum Gasteiger partial charge on any atom is -0.369 e. The summed E-state index contributed by atoms with van der Waals surface area (Å²) in [5.74, 6) is 0.735. The first kappa shape index (κ1) is 9.68. The molecule has 1 saturated heterocycles. The molecule has 2 unspecified atom stereocenters. The van der Waals surface area contributed by atoms with Crippen LogP contribution in [0.25, 0.3) is 0 Å². The van der Waals surface area contributed by atoms with Crippen molar-refractivity contribution in [1.82, 2.24) is 0 Å². The van der Waals surface area contributed by atoms with E-state index in [4.69, 9.17) is 16.3 Å². The number of hydrogen-bond donors (Lipinski definition) is 0. The van der Waals surface area contributed by atoms with E-state index in [1.165, 1.54) is 24.8 Å². The summed E-state index contributed by atoms with van der Waals surface area (Å²) in [7, 11) is 0. The summed E-state index contributed by atoms with van der Waals surface area (Å²) in [6.45, 7) is 0.991. The molecule has 1 heterocycles. The molecule has 15 heavy (non-hydrogen) atoms. The number of hydrogen-bond acceptors (Lipinski definition) is 1. The molecule has 3 rings (SSSR count). The average molecular weight is 223 g/mol. The molecule has 0 amide bonds. The largest absolute Gasteiger partial charge is 0.369 e. The van der Waals surface area contributed by atoms with Gasteiger partial charge in [0.1, 0.15) is 0 Å². The molecular weight excluding hydrogens is 208 g/mol. The van der Waals surface area contributed by atoms with Gasteiger partial charge in [0.05, 0.1) is 12.2 Å². The molecule has 2 atom stereocenters. The average Bonchev–Trinajstić information content (AvgIpc) is 2.90. The molecule has 2 heteroatoms. The normalized spacial score (nSPS) is 33.5. The molecule has 0 radical (unpaired) electrons. The van der Waals surface area contributed by atoms with Gasteiger partial charge in [-0.3, -0.25) is 0 Å². The Hall–Kier alpha value is -0.530. The number of epoxide rings is 1. The van der Waals surface area contributed by atoms with Gasteiger partial charge in [0.2, 0.25) is 0 Å². The van der Waals surface area contributed by atoms with Crippen molar-refractivity contribution in [2.24, 2.45) is 5.92 Å². The minimum atomic E-state index is 0.277. The van der Waals surface area contributed by atoms with Gasteiger partial charge in [0.25, 0.3) is 0 Å². The van der Waals surface area contributed by atoms with Crippen LogP contribution in [0.2, 0.25) is 5.02 Å². The second-order valence-electron chi connectivity index (χ2n) is 4.77. The Kier molecular flexibility index (Phi) is 2.26. The quantitative estimate of drug-likeness (QED) is 0.699. The van der Waals surface area contributed by atoms with Crippen molar-refractivity contribution >= 4 is 11.6 Å². The molecule has 1 aromatic rings. The molecule has 1 aliphatic heterocycles. The Morgan fingerprint density at radius 3 is 2.73 bits per heavy atom. The van der Waals surface area contributed by atoms with Gasteiger partial charge in [-0.2, -0.15) is 0 Å². The highest BCUT2D eigenvalue weighted by Crippen LogP contribution is 2.49. The molecule has 0 N–H and O–H groups in total. The standard InChI is InChI=1S/C13H15ClO/c14-12-5-3-10(4-6-12)8-11-2-1-7-13(11)9-15-13/h3-6,11H,1-2,7-9H2. The zero-order valence-corrected chi connectivity index (χ0v) is 9.46. The molecular formula is C13H15ClO. The number of halogens is 1. The van der Waals surface area contributed by atoms with Crippen molar-refractivity contribution in [3.8, 4) is 0 Å². The van der Waals surface area contributed by atoms with Gasteiger partial charge in [0, 0.05) is 5.02 Å². The van der Waals surface area contributed by atoms with Gasteiger partial charge >= 0.3 is 0 Å². The first-order valence-corrected chi connectivity index (χ1v) is 6.05. The van der Waals surface area contributed by atoms with Crippen LogP contribution in [0.15, 0.2) is 24.3 Å². The first-order chi connectivity index (χ1) is 7.28. The van der Waals surface area contributed by atoms with Crippen LogP contribution in [0, 0.1) is 5.92 Å². The summed E-state index contributed by atoms with van der Waals surface area (Å²) in [6.07, 6.45) is 5.07. The molecule has 1 saturated carbocycles. The van der Waals surface area contributed by atoms with E-state index in [1.807, 2.05) is 12.1 Å². The lowest BCUT2D eigenvalue weighted by molar-refractivity contribution is 0.245. The topological polar surface area (TPSA) is 12.5 Å². The van der Waals surface area contributed by atoms with Crippen molar-refractivity contribution in [2.75, 3.05) is 6.61 Å². The number of benzene rings is 1. The third kappa shape index (κ3) is 1.79. The Balaban J connectivity index is 1.72. The lowest BCUT2D eigenvalue weighted by atomic mass is 9.90. The summed E-state index contributed by atoms with van der Waals surface area (Å²) in [4.78, 5) is 0. The van der Waals surface area contributed by atoms with E-state index in [2.05, 4.69) is 12.1 Å². The number of ether oxygens (including phenoxy) is 1. The van der Waals surface area contributed by atoms with Crippen LogP contribution in [0.4, 0.5) is 0 Å². The predicted molar refractivity (Wildman–Crippen MR) is 61.2 cm³/mol. The fourth-order valence-corrected chi connectivity index (χ4v) is 2.91. The van der Waals surface area contributed by atoms with E-state index in [0.717, 1.165) is 24.0 Å². The molecule has 1 nitrogen and oxygen atoms in total. The van der Waals surface area contributed by atoms with Gasteiger partial charge in [-0.05, 0) is 42.9 Å². The van der Waals surface area contributed by atoms with Crippen LogP contribution in [-0.4, -0.2) is 12.2 Å². The van der Waals surface area contributed by atoms with Crippen LogP contribution >= 0.6 is 11.6 Å². The van der Waals surface area contributed by atoms with Gasteiger partial charge in [-0.15, -0.1) is 0 Å². The van der Waals surface area contributed by atoms with E-state index >= 15 is 0 Å². The lowest BCUT2D eigenvalue weighted by Crippen LogP contribution is -2.19. The third-order valence-corrected chi connectivity index (χ3v) is 4.06. The van der Waals surface area contributed by atoms with Crippen LogP contribution < -0.4 is 0 Å². The molecule has 1 aliphatic carbocycles.